The van der Waals surface area contributed by atoms with Crippen molar-refractivity contribution in [2.24, 2.45) is 0 Å². The Morgan fingerprint density at radius 3 is 2.80 bits per heavy atom. The van der Waals surface area contributed by atoms with Crippen molar-refractivity contribution in [3.05, 3.63) is 59.2 Å². The number of nitrogens with one attached hydrogen (secondary N) is 1. The van der Waals surface area contributed by atoms with Crippen molar-refractivity contribution < 1.29 is 14.3 Å². The van der Waals surface area contributed by atoms with E-state index in [9.17, 15) is 4.79 Å². The minimum Gasteiger partial charge on any atom is -0.481 e. The Hall–Kier alpha value is -2.33. The number of hydrogen-bond donors (Lipinski definition) is 1. The van der Waals surface area contributed by atoms with Crippen molar-refractivity contribution in [3.8, 4) is 5.75 Å². The van der Waals surface area contributed by atoms with E-state index in [4.69, 9.17) is 9.47 Å². The van der Waals surface area contributed by atoms with Crippen LogP contribution in [-0.4, -0.2) is 19.1 Å². The van der Waals surface area contributed by atoms with Crippen LogP contribution in [0.1, 0.15) is 36.5 Å². The van der Waals surface area contributed by atoms with Gasteiger partial charge in [0, 0.05) is 12.8 Å². The van der Waals surface area contributed by atoms with Crippen molar-refractivity contribution in [1.29, 1.82) is 0 Å². The fourth-order valence-electron chi connectivity index (χ4n) is 3.25. The summed E-state index contributed by atoms with van der Waals surface area (Å²) in [4.78, 5) is 12.5. The first kappa shape index (κ1) is 17.5. The van der Waals surface area contributed by atoms with Gasteiger partial charge < -0.3 is 14.8 Å². The van der Waals surface area contributed by atoms with Crippen LogP contribution in [0.15, 0.2) is 42.5 Å². The van der Waals surface area contributed by atoms with Gasteiger partial charge in [-0.25, -0.2) is 0 Å². The molecule has 0 aliphatic heterocycles. The van der Waals surface area contributed by atoms with Crippen LogP contribution in [0.25, 0.3) is 0 Å². The molecule has 4 heteroatoms. The quantitative estimate of drug-likeness (QED) is 0.861. The summed E-state index contributed by atoms with van der Waals surface area (Å²) < 4.78 is 11.1. The molecule has 4 nitrogen and oxygen atoms in total. The third-order valence-corrected chi connectivity index (χ3v) is 4.53. The molecule has 0 aromatic heterocycles. The van der Waals surface area contributed by atoms with Crippen LogP contribution in [0.2, 0.25) is 0 Å². The van der Waals surface area contributed by atoms with Gasteiger partial charge in [0.2, 0.25) is 0 Å². The number of aryl methyl sites for hydroxylation is 1. The number of ether oxygens (including phenoxy) is 2. The normalized spacial score (nSPS) is 14.5. The maximum absolute atomic E-state index is 12.5. The Balaban J connectivity index is 1.66. The number of rotatable bonds is 6. The highest BCUT2D eigenvalue weighted by Crippen LogP contribution is 2.30. The number of carbonyl (C=O) groups is 1. The zero-order valence-electron chi connectivity index (χ0n) is 14.9. The second-order valence-electron chi connectivity index (χ2n) is 6.48. The highest BCUT2D eigenvalue weighted by molar-refractivity contribution is 5.94. The molecule has 25 heavy (non-hydrogen) atoms. The smallest absolute Gasteiger partial charge is 0.265 e. The van der Waals surface area contributed by atoms with Crippen LogP contribution in [0.5, 0.6) is 5.75 Å². The van der Waals surface area contributed by atoms with E-state index in [1.54, 1.807) is 14.0 Å². The van der Waals surface area contributed by atoms with Crippen LogP contribution in [0, 0.1) is 0 Å². The molecule has 3 rings (SSSR count). The maximum atomic E-state index is 12.5. The van der Waals surface area contributed by atoms with Gasteiger partial charge in [-0.15, -0.1) is 0 Å². The molecule has 1 amide bonds. The van der Waals surface area contributed by atoms with Gasteiger partial charge in [0.05, 0.1) is 6.61 Å². The lowest BCUT2D eigenvalue weighted by atomic mass is 9.91. The van der Waals surface area contributed by atoms with E-state index in [0.29, 0.717) is 6.61 Å². The second-order valence-corrected chi connectivity index (χ2v) is 6.48. The molecule has 0 saturated carbocycles. The fourth-order valence-corrected chi connectivity index (χ4v) is 3.25. The molecule has 0 unspecified atom stereocenters. The standard InChI is InChI=1S/C21H25NO3/c1-15(21(23)22-18-10-5-7-16(13-18)14-24-2)25-20-12-6-9-17-8-3-4-11-19(17)20/h5-7,9-10,12-13,15H,3-4,8,11,14H2,1-2H3,(H,22,23)/t15-/m1/s1. The molecule has 0 bridgehead atoms. The predicted octanol–water partition coefficient (Wildman–Crippen LogP) is 4.12. The first-order valence-electron chi connectivity index (χ1n) is 8.83. The summed E-state index contributed by atoms with van der Waals surface area (Å²) in [7, 11) is 1.65. The largest absolute Gasteiger partial charge is 0.481 e. The fraction of sp³-hybridized carbons (Fsp3) is 0.381. The molecule has 2 aromatic rings. The summed E-state index contributed by atoms with van der Waals surface area (Å²) in [6.45, 7) is 2.31. The lowest BCUT2D eigenvalue weighted by Gasteiger charge is -2.22. The van der Waals surface area contributed by atoms with Crippen molar-refractivity contribution in [2.45, 2.75) is 45.3 Å². The van der Waals surface area contributed by atoms with Gasteiger partial charge in [-0.3, -0.25) is 4.79 Å². The Morgan fingerprint density at radius 2 is 1.96 bits per heavy atom. The predicted molar refractivity (Wildman–Crippen MR) is 99.0 cm³/mol. The van der Waals surface area contributed by atoms with E-state index in [0.717, 1.165) is 29.8 Å². The molecule has 1 aliphatic carbocycles. The summed E-state index contributed by atoms with van der Waals surface area (Å²) >= 11 is 0. The summed E-state index contributed by atoms with van der Waals surface area (Å²) in [6, 6.07) is 13.8. The number of anilines is 1. The van der Waals surface area contributed by atoms with Crippen LogP contribution in [-0.2, 0) is 29.0 Å². The number of methoxy groups -OCH3 is 1. The molecule has 0 fully saturated rings. The van der Waals surface area contributed by atoms with Crippen LogP contribution < -0.4 is 10.1 Å². The van der Waals surface area contributed by atoms with Gasteiger partial charge in [-0.05, 0) is 67.5 Å². The summed E-state index contributed by atoms with van der Waals surface area (Å²) in [6.07, 6.45) is 3.97. The van der Waals surface area contributed by atoms with Gasteiger partial charge in [0.25, 0.3) is 5.91 Å². The Kier molecular flexibility index (Phi) is 5.71. The van der Waals surface area contributed by atoms with E-state index < -0.39 is 6.10 Å². The van der Waals surface area contributed by atoms with Crippen molar-refractivity contribution in [3.63, 3.8) is 0 Å². The number of hydrogen-bond acceptors (Lipinski definition) is 3. The van der Waals surface area contributed by atoms with Crippen LogP contribution >= 0.6 is 0 Å². The number of amides is 1. The molecule has 0 radical (unpaired) electrons. The second kappa shape index (κ2) is 8.17. The first-order valence-corrected chi connectivity index (χ1v) is 8.83. The number of benzene rings is 2. The summed E-state index contributed by atoms with van der Waals surface area (Å²) in [5.41, 5.74) is 4.38. The highest BCUT2D eigenvalue weighted by atomic mass is 16.5. The number of carbonyl (C=O) groups excluding carboxylic acids is 1. The Morgan fingerprint density at radius 1 is 1.16 bits per heavy atom. The van der Waals surface area contributed by atoms with E-state index in [2.05, 4.69) is 11.4 Å². The van der Waals surface area contributed by atoms with E-state index in [1.165, 1.54) is 24.0 Å². The van der Waals surface area contributed by atoms with Crippen molar-refractivity contribution >= 4 is 11.6 Å². The van der Waals surface area contributed by atoms with Gasteiger partial charge in [-0.2, -0.15) is 0 Å². The molecule has 0 saturated heterocycles. The van der Waals surface area contributed by atoms with Crippen molar-refractivity contribution in [2.75, 3.05) is 12.4 Å². The highest BCUT2D eigenvalue weighted by Gasteiger charge is 2.19. The zero-order chi connectivity index (χ0) is 17.6. The monoisotopic (exact) mass is 339 g/mol. The molecular weight excluding hydrogens is 314 g/mol. The topological polar surface area (TPSA) is 47.6 Å². The van der Waals surface area contributed by atoms with Gasteiger partial charge >= 0.3 is 0 Å². The molecule has 132 valence electrons. The molecule has 0 heterocycles. The lowest BCUT2D eigenvalue weighted by molar-refractivity contribution is -0.122. The molecule has 2 aromatic carbocycles. The minimum atomic E-state index is -0.556. The summed E-state index contributed by atoms with van der Waals surface area (Å²) in [5, 5.41) is 2.92. The Labute approximate surface area is 149 Å². The molecule has 1 atom stereocenters. The SMILES string of the molecule is COCc1cccc(NC(=O)[C@@H](C)Oc2cccc3c2CCCC3)c1. The van der Waals surface area contributed by atoms with Crippen LogP contribution in [0.4, 0.5) is 5.69 Å². The molecule has 1 aliphatic rings. The van der Waals surface area contributed by atoms with E-state index in [1.807, 2.05) is 36.4 Å². The van der Waals surface area contributed by atoms with Gasteiger partial charge in [0.15, 0.2) is 6.10 Å². The van der Waals surface area contributed by atoms with E-state index in [-0.39, 0.29) is 5.91 Å². The van der Waals surface area contributed by atoms with Gasteiger partial charge in [0.1, 0.15) is 5.75 Å². The first-order chi connectivity index (χ1) is 12.2. The third kappa shape index (κ3) is 4.40. The lowest BCUT2D eigenvalue weighted by Crippen LogP contribution is -2.30. The van der Waals surface area contributed by atoms with Gasteiger partial charge in [-0.1, -0.05) is 24.3 Å². The zero-order valence-corrected chi connectivity index (χ0v) is 14.9. The number of fused-ring (bicyclic) bond motifs is 1. The van der Waals surface area contributed by atoms with E-state index >= 15 is 0 Å². The average Bonchev–Trinajstić information content (AvgIpc) is 2.62. The Bertz CT molecular complexity index is 742. The molecular formula is C21H25NO3. The molecule has 0 spiro atoms. The minimum absolute atomic E-state index is 0.150. The van der Waals surface area contributed by atoms with Crippen LogP contribution in [0.3, 0.4) is 0 Å². The third-order valence-electron chi connectivity index (χ3n) is 4.53. The molecule has 1 N–H and O–H groups in total. The maximum Gasteiger partial charge on any atom is 0.265 e. The summed E-state index contributed by atoms with van der Waals surface area (Å²) in [5.74, 6) is 0.691. The average molecular weight is 339 g/mol. The van der Waals surface area contributed by atoms with Crippen molar-refractivity contribution in [1.82, 2.24) is 0 Å².